The van der Waals surface area contributed by atoms with E-state index in [1.165, 1.54) is 5.56 Å². The number of benzene rings is 1. The first-order valence-electron chi connectivity index (χ1n) is 8.38. The molecule has 2 N–H and O–H groups in total. The largest absolute Gasteiger partial charge is 0.340 e. The predicted octanol–water partition coefficient (Wildman–Crippen LogP) is 2.94. The molecule has 1 aromatic heterocycles. The van der Waals surface area contributed by atoms with E-state index in [1.807, 2.05) is 28.5 Å². The summed E-state index contributed by atoms with van der Waals surface area (Å²) in [4.78, 5) is 19.1. The molecule has 0 spiro atoms. The lowest BCUT2D eigenvalue weighted by molar-refractivity contribution is -0.129. The highest BCUT2D eigenvalue weighted by molar-refractivity contribution is 7.09. The summed E-state index contributed by atoms with van der Waals surface area (Å²) in [7, 11) is 0. The minimum absolute atomic E-state index is 0.00285. The van der Waals surface area contributed by atoms with Crippen molar-refractivity contribution in [2.75, 3.05) is 13.1 Å². The van der Waals surface area contributed by atoms with E-state index in [0.29, 0.717) is 19.5 Å². The van der Waals surface area contributed by atoms with Gasteiger partial charge in [-0.2, -0.15) is 0 Å². The first-order chi connectivity index (χ1) is 11.3. The highest BCUT2D eigenvalue weighted by Crippen LogP contribution is 2.28. The van der Waals surface area contributed by atoms with E-state index in [-0.39, 0.29) is 23.3 Å². The zero-order valence-corrected chi connectivity index (χ0v) is 15.3. The second-order valence-electron chi connectivity index (χ2n) is 7.55. The van der Waals surface area contributed by atoms with Crippen molar-refractivity contribution in [3.63, 3.8) is 0 Å². The van der Waals surface area contributed by atoms with Crippen molar-refractivity contribution in [3.05, 3.63) is 52.0 Å². The Balaban J connectivity index is 1.65. The topological polar surface area (TPSA) is 59.2 Å². The molecule has 1 aromatic carbocycles. The third-order valence-corrected chi connectivity index (χ3v) is 5.79. The molecule has 0 aliphatic carbocycles. The molecule has 0 bridgehead atoms. The van der Waals surface area contributed by atoms with Crippen molar-refractivity contribution in [3.8, 4) is 0 Å². The minimum atomic E-state index is -0.00285. The van der Waals surface area contributed by atoms with Crippen LogP contribution in [0.1, 0.15) is 43.0 Å². The van der Waals surface area contributed by atoms with Crippen LogP contribution in [0.25, 0.3) is 0 Å². The minimum Gasteiger partial charge on any atom is -0.340 e. The van der Waals surface area contributed by atoms with Gasteiger partial charge in [0, 0.05) is 35.8 Å². The molecule has 2 heterocycles. The summed E-state index contributed by atoms with van der Waals surface area (Å²) in [5.74, 6) is 0.338. The van der Waals surface area contributed by atoms with Crippen molar-refractivity contribution < 1.29 is 4.79 Å². The fourth-order valence-electron chi connectivity index (χ4n) is 3.08. The smallest absolute Gasteiger partial charge is 0.228 e. The van der Waals surface area contributed by atoms with Gasteiger partial charge in [0.2, 0.25) is 5.91 Å². The second-order valence-corrected chi connectivity index (χ2v) is 8.41. The van der Waals surface area contributed by atoms with E-state index in [1.54, 1.807) is 11.3 Å². The number of carbonyl (C=O) groups excluding carboxylic acids is 1. The quantitative estimate of drug-likeness (QED) is 0.932. The van der Waals surface area contributed by atoms with Crippen molar-refractivity contribution in [1.82, 2.24) is 9.88 Å². The molecule has 0 radical (unpaired) electrons. The Kier molecular flexibility index (Phi) is 4.74. The van der Waals surface area contributed by atoms with Gasteiger partial charge in [-0.05, 0) is 5.56 Å². The number of carbonyl (C=O) groups is 1. The Morgan fingerprint density at radius 2 is 2.00 bits per heavy atom. The molecule has 1 fully saturated rings. The number of nitrogens with two attached hydrogens (primary N) is 1. The Hall–Kier alpha value is -1.72. The summed E-state index contributed by atoms with van der Waals surface area (Å²) < 4.78 is 0. The maximum absolute atomic E-state index is 12.6. The van der Waals surface area contributed by atoms with E-state index in [2.05, 4.69) is 37.9 Å². The van der Waals surface area contributed by atoms with Gasteiger partial charge in [0.25, 0.3) is 0 Å². The average Bonchev–Trinajstić information content (AvgIpc) is 3.14. The van der Waals surface area contributed by atoms with Crippen LogP contribution >= 0.6 is 11.3 Å². The summed E-state index contributed by atoms with van der Waals surface area (Å²) >= 11 is 1.63. The zero-order valence-electron chi connectivity index (χ0n) is 14.5. The fourth-order valence-corrected chi connectivity index (χ4v) is 3.99. The van der Waals surface area contributed by atoms with Crippen molar-refractivity contribution >= 4 is 17.2 Å². The third kappa shape index (κ3) is 3.68. The number of thiazole rings is 1. The van der Waals surface area contributed by atoms with Crippen molar-refractivity contribution in [2.24, 2.45) is 5.73 Å². The summed E-state index contributed by atoms with van der Waals surface area (Å²) in [6, 6.07) is 10.2. The van der Waals surface area contributed by atoms with Crippen LogP contribution in [0.2, 0.25) is 0 Å². The van der Waals surface area contributed by atoms with Gasteiger partial charge in [0.05, 0.1) is 17.1 Å². The van der Waals surface area contributed by atoms with Crippen LogP contribution < -0.4 is 5.73 Å². The lowest BCUT2D eigenvalue weighted by Gasteiger charge is -2.16. The van der Waals surface area contributed by atoms with Crippen LogP contribution in [0.5, 0.6) is 0 Å². The molecule has 0 saturated carbocycles. The van der Waals surface area contributed by atoms with Gasteiger partial charge in [-0.1, -0.05) is 51.1 Å². The van der Waals surface area contributed by atoms with Gasteiger partial charge >= 0.3 is 0 Å². The molecular formula is C19H25N3OS. The standard InChI is InChI=1S/C19H25N3OS/c1-19(2,3)18-21-14(12-24-18)9-17(23)22-10-15(16(20)11-22)13-7-5-4-6-8-13/h4-8,12,15-16H,9-11,20H2,1-3H3/t15-,16+/m0/s1. The maximum Gasteiger partial charge on any atom is 0.228 e. The molecule has 0 unspecified atom stereocenters. The first kappa shape index (κ1) is 17.1. The van der Waals surface area contributed by atoms with Gasteiger partial charge in [0.15, 0.2) is 0 Å². The summed E-state index contributed by atoms with van der Waals surface area (Å²) in [5.41, 5.74) is 8.39. The zero-order chi connectivity index (χ0) is 17.3. The van der Waals surface area contributed by atoms with E-state index in [0.717, 1.165) is 10.7 Å². The molecule has 1 saturated heterocycles. The number of aromatic nitrogens is 1. The summed E-state index contributed by atoms with van der Waals surface area (Å²) in [6.45, 7) is 7.74. The highest BCUT2D eigenvalue weighted by Gasteiger charge is 2.34. The number of amides is 1. The molecule has 2 atom stereocenters. The summed E-state index contributed by atoms with van der Waals surface area (Å²) in [6.07, 6.45) is 0.362. The Morgan fingerprint density at radius 1 is 1.29 bits per heavy atom. The fraction of sp³-hybridized carbons (Fsp3) is 0.474. The Morgan fingerprint density at radius 3 is 2.62 bits per heavy atom. The maximum atomic E-state index is 12.6. The Labute approximate surface area is 147 Å². The molecule has 3 rings (SSSR count). The predicted molar refractivity (Wildman–Crippen MR) is 98.3 cm³/mol. The number of likely N-dealkylation sites (tertiary alicyclic amines) is 1. The molecule has 5 heteroatoms. The molecule has 4 nitrogen and oxygen atoms in total. The molecule has 1 amide bonds. The van der Waals surface area contributed by atoms with Crippen LogP contribution in [0.15, 0.2) is 35.7 Å². The van der Waals surface area contributed by atoms with Crippen molar-refractivity contribution in [2.45, 2.75) is 44.6 Å². The van der Waals surface area contributed by atoms with Gasteiger partial charge in [-0.25, -0.2) is 4.98 Å². The normalized spacial score (nSPS) is 21.2. The van der Waals surface area contributed by atoms with Crippen LogP contribution in [0, 0.1) is 0 Å². The molecule has 1 aliphatic heterocycles. The number of hydrogen-bond donors (Lipinski definition) is 1. The van der Waals surface area contributed by atoms with E-state index >= 15 is 0 Å². The molecule has 128 valence electrons. The number of nitrogens with zero attached hydrogens (tertiary/aromatic N) is 2. The molecular weight excluding hydrogens is 318 g/mol. The van der Waals surface area contributed by atoms with Crippen LogP contribution in [0.3, 0.4) is 0 Å². The highest BCUT2D eigenvalue weighted by atomic mass is 32.1. The number of rotatable bonds is 3. The SMILES string of the molecule is CC(C)(C)c1nc(CC(=O)N2C[C@@H](N)[C@H](c3ccccc3)C2)cs1. The van der Waals surface area contributed by atoms with Gasteiger partial charge in [-0.3, -0.25) is 4.79 Å². The molecule has 1 aliphatic rings. The lowest BCUT2D eigenvalue weighted by atomic mass is 9.95. The van der Waals surface area contributed by atoms with Crippen molar-refractivity contribution in [1.29, 1.82) is 0 Å². The second kappa shape index (κ2) is 6.65. The van der Waals surface area contributed by atoms with Gasteiger partial charge in [-0.15, -0.1) is 11.3 Å². The van der Waals surface area contributed by atoms with Crippen LogP contribution in [0.4, 0.5) is 0 Å². The monoisotopic (exact) mass is 343 g/mol. The van der Waals surface area contributed by atoms with Gasteiger partial charge in [0.1, 0.15) is 0 Å². The third-order valence-electron chi connectivity index (χ3n) is 4.47. The molecule has 2 aromatic rings. The van der Waals surface area contributed by atoms with Gasteiger partial charge < -0.3 is 10.6 Å². The average molecular weight is 343 g/mol. The van der Waals surface area contributed by atoms with E-state index < -0.39 is 0 Å². The Bertz CT molecular complexity index is 705. The summed E-state index contributed by atoms with van der Waals surface area (Å²) in [5, 5.41) is 3.08. The van der Waals surface area contributed by atoms with E-state index in [9.17, 15) is 4.79 Å². The first-order valence-corrected chi connectivity index (χ1v) is 9.26. The van der Waals surface area contributed by atoms with E-state index in [4.69, 9.17) is 5.73 Å². The van der Waals surface area contributed by atoms with Crippen LogP contribution in [-0.2, 0) is 16.6 Å². The lowest BCUT2D eigenvalue weighted by Crippen LogP contribution is -2.33. The number of hydrogen-bond acceptors (Lipinski definition) is 4. The molecule has 24 heavy (non-hydrogen) atoms. The van der Waals surface area contributed by atoms with Crippen LogP contribution in [-0.4, -0.2) is 34.9 Å².